The first-order valence-corrected chi connectivity index (χ1v) is 6.02. The van der Waals surface area contributed by atoms with Gasteiger partial charge in [0.05, 0.1) is 17.4 Å². The summed E-state index contributed by atoms with van der Waals surface area (Å²) >= 11 is 0. The number of hydrogen-bond donors (Lipinski definition) is 2. The van der Waals surface area contributed by atoms with E-state index in [-0.39, 0.29) is 5.56 Å². The van der Waals surface area contributed by atoms with Gasteiger partial charge in [0.25, 0.3) is 5.56 Å². The maximum atomic E-state index is 11.9. The molecule has 0 fully saturated rings. The van der Waals surface area contributed by atoms with Crippen LogP contribution in [-0.2, 0) is 0 Å². The maximum absolute atomic E-state index is 11.9. The normalized spacial score (nSPS) is 10.2. The number of nitrogens with one attached hydrogen (secondary N) is 2. The van der Waals surface area contributed by atoms with Gasteiger partial charge in [-0.3, -0.25) is 9.78 Å². The molecule has 0 aliphatic heterocycles. The van der Waals surface area contributed by atoms with Gasteiger partial charge in [-0.2, -0.15) is 5.26 Å². The molecule has 2 N–H and O–H groups in total. The van der Waals surface area contributed by atoms with Crippen LogP contribution >= 0.6 is 0 Å². The van der Waals surface area contributed by atoms with E-state index in [1.807, 2.05) is 36.4 Å². The van der Waals surface area contributed by atoms with Crippen LogP contribution in [0.3, 0.4) is 0 Å². The van der Waals surface area contributed by atoms with Crippen LogP contribution < -0.4 is 10.9 Å². The number of nitrogens with zero attached hydrogens (tertiary/aromatic N) is 2. The predicted octanol–water partition coefficient (Wildman–Crippen LogP) is 2.54. The third kappa shape index (κ3) is 1.99. The first-order valence-electron chi connectivity index (χ1n) is 6.02. The highest BCUT2D eigenvalue weighted by atomic mass is 16.1. The SMILES string of the molecule is N#Cc1c(Nc2ccccc2)c2ccncc2[nH]c1=O. The zero-order valence-corrected chi connectivity index (χ0v) is 10.4. The van der Waals surface area contributed by atoms with Crippen LogP contribution in [0.15, 0.2) is 53.6 Å². The highest BCUT2D eigenvalue weighted by Crippen LogP contribution is 2.26. The van der Waals surface area contributed by atoms with Crippen molar-refractivity contribution in [2.75, 3.05) is 5.32 Å². The molecular weight excluding hydrogens is 252 g/mol. The van der Waals surface area contributed by atoms with E-state index in [0.717, 1.165) is 11.1 Å². The molecule has 1 aromatic carbocycles. The van der Waals surface area contributed by atoms with Gasteiger partial charge in [-0.1, -0.05) is 18.2 Å². The van der Waals surface area contributed by atoms with E-state index in [2.05, 4.69) is 15.3 Å². The molecule has 96 valence electrons. The van der Waals surface area contributed by atoms with Crippen LogP contribution in [0.2, 0.25) is 0 Å². The Kier molecular flexibility index (Phi) is 2.90. The first-order chi connectivity index (χ1) is 9.79. The van der Waals surface area contributed by atoms with Crippen molar-refractivity contribution in [2.45, 2.75) is 0 Å². The van der Waals surface area contributed by atoms with Crippen molar-refractivity contribution >= 4 is 22.3 Å². The highest BCUT2D eigenvalue weighted by Gasteiger charge is 2.12. The number of fused-ring (bicyclic) bond motifs is 1. The molecule has 0 radical (unpaired) electrons. The summed E-state index contributed by atoms with van der Waals surface area (Å²) in [5.41, 5.74) is 1.54. The van der Waals surface area contributed by atoms with Gasteiger partial charge in [-0.15, -0.1) is 0 Å². The van der Waals surface area contributed by atoms with Crippen molar-refractivity contribution in [2.24, 2.45) is 0 Å². The van der Waals surface area contributed by atoms with Crippen LogP contribution in [0.1, 0.15) is 5.56 Å². The third-order valence-corrected chi connectivity index (χ3v) is 2.97. The molecule has 2 heterocycles. The highest BCUT2D eigenvalue weighted by molar-refractivity contribution is 5.95. The zero-order valence-electron chi connectivity index (χ0n) is 10.4. The predicted molar refractivity (Wildman–Crippen MR) is 76.8 cm³/mol. The number of benzene rings is 1. The van der Waals surface area contributed by atoms with Crippen molar-refractivity contribution in [3.63, 3.8) is 0 Å². The number of rotatable bonds is 2. The summed E-state index contributed by atoms with van der Waals surface area (Å²) in [6, 6.07) is 13.1. The molecule has 3 rings (SSSR count). The van der Waals surface area contributed by atoms with E-state index in [1.165, 1.54) is 0 Å². The molecule has 0 spiro atoms. The Morgan fingerprint density at radius 1 is 1.20 bits per heavy atom. The summed E-state index contributed by atoms with van der Waals surface area (Å²) in [5.74, 6) is 0. The summed E-state index contributed by atoms with van der Waals surface area (Å²) in [6.07, 6.45) is 3.19. The molecule has 0 aliphatic carbocycles. The van der Waals surface area contributed by atoms with Crippen LogP contribution in [0.4, 0.5) is 11.4 Å². The Morgan fingerprint density at radius 2 is 2.00 bits per heavy atom. The molecule has 0 saturated heterocycles. The number of aromatic amines is 1. The van der Waals surface area contributed by atoms with Crippen molar-refractivity contribution in [1.29, 1.82) is 5.26 Å². The molecule has 3 aromatic rings. The standard InChI is InChI=1S/C15H10N4O/c16-8-12-14(18-10-4-2-1-3-5-10)11-6-7-17-9-13(11)19-15(12)20/h1-7,9H,(H2,18,19,20). The van der Waals surface area contributed by atoms with Crippen LogP contribution in [0.25, 0.3) is 10.9 Å². The molecule has 0 saturated carbocycles. The van der Waals surface area contributed by atoms with Gasteiger partial charge >= 0.3 is 0 Å². The fourth-order valence-corrected chi connectivity index (χ4v) is 2.05. The second-order valence-corrected chi connectivity index (χ2v) is 4.23. The summed E-state index contributed by atoms with van der Waals surface area (Å²) in [5, 5.41) is 13.1. The largest absolute Gasteiger partial charge is 0.354 e. The van der Waals surface area contributed by atoms with E-state index >= 15 is 0 Å². The Bertz CT molecular complexity index is 862. The number of para-hydroxylation sites is 1. The van der Waals surface area contributed by atoms with Crippen molar-refractivity contribution in [1.82, 2.24) is 9.97 Å². The van der Waals surface area contributed by atoms with E-state index in [0.29, 0.717) is 11.2 Å². The van der Waals surface area contributed by atoms with Gasteiger partial charge in [0, 0.05) is 17.3 Å². The smallest absolute Gasteiger partial charge is 0.268 e. The van der Waals surface area contributed by atoms with Crippen molar-refractivity contribution < 1.29 is 0 Å². The van der Waals surface area contributed by atoms with Crippen LogP contribution in [-0.4, -0.2) is 9.97 Å². The third-order valence-electron chi connectivity index (χ3n) is 2.97. The monoisotopic (exact) mass is 262 g/mol. The maximum Gasteiger partial charge on any atom is 0.268 e. The van der Waals surface area contributed by atoms with Gasteiger partial charge in [-0.05, 0) is 18.2 Å². The van der Waals surface area contributed by atoms with Gasteiger partial charge in [0.2, 0.25) is 0 Å². The number of pyridine rings is 2. The molecule has 5 heteroatoms. The van der Waals surface area contributed by atoms with Gasteiger partial charge < -0.3 is 10.3 Å². The minimum atomic E-state index is -0.425. The van der Waals surface area contributed by atoms with Crippen molar-refractivity contribution in [3.05, 3.63) is 64.7 Å². The Hall–Kier alpha value is -3.13. The molecule has 0 unspecified atom stereocenters. The van der Waals surface area contributed by atoms with Crippen LogP contribution in [0, 0.1) is 11.3 Å². The molecule has 5 nitrogen and oxygen atoms in total. The average molecular weight is 262 g/mol. The summed E-state index contributed by atoms with van der Waals surface area (Å²) < 4.78 is 0. The van der Waals surface area contributed by atoms with E-state index < -0.39 is 5.56 Å². The second kappa shape index (κ2) is 4.86. The van der Waals surface area contributed by atoms with E-state index in [4.69, 9.17) is 0 Å². The topological polar surface area (TPSA) is 81.6 Å². The second-order valence-electron chi connectivity index (χ2n) is 4.23. The molecule has 0 amide bonds. The quantitative estimate of drug-likeness (QED) is 0.743. The lowest BCUT2D eigenvalue weighted by molar-refractivity contribution is 1.24. The van der Waals surface area contributed by atoms with E-state index in [9.17, 15) is 10.1 Å². The summed E-state index contributed by atoms with van der Waals surface area (Å²) in [4.78, 5) is 18.6. The number of nitriles is 1. The number of aromatic nitrogens is 2. The molecule has 20 heavy (non-hydrogen) atoms. The Morgan fingerprint density at radius 3 is 2.75 bits per heavy atom. The van der Waals surface area contributed by atoms with Crippen LogP contribution in [0.5, 0.6) is 0 Å². The van der Waals surface area contributed by atoms with Gasteiger partial charge in [0.1, 0.15) is 11.6 Å². The van der Waals surface area contributed by atoms with Gasteiger partial charge in [0.15, 0.2) is 0 Å². The Balaban J connectivity index is 2.27. The van der Waals surface area contributed by atoms with E-state index in [1.54, 1.807) is 18.5 Å². The summed E-state index contributed by atoms with van der Waals surface area (Å²) in [7, 11) is 0. The van der Waals surface area contributed by atoms with Gasteiger partial charge in [-0.25, -0.2) is 0 Å². The Labute approximate surface area is 114 Å². The lowest BCUT2D eigenvalue weighted by atomic mass is 10.1. The molecular formula is C15H10N4O. The fraction of sp³-hybridized carbons (Fsp3) is 0. The molecule has 2 aromatic heterocycles. The fourth-order valence-electron chi connectivity index (χ4n) is 2.05. The lowest BCUT2D eigenvalue weighted by Crippen LogP contribution is -2.13. The average Bonchev–Trinajstić information content (AvgIpc) is 2.48. The molecule has 0 bridgehead atoms. The number of H-pyrrole nitrogens is 1. The lowest BCUT2D eigenvalue weighted by Gasteiger charge is -2.10. The minimum absolute atomic E-state index is 0.0625. The van der Waals surface area contributed by atoms with Crippen molar-refractivity contribution in [3.8, 4) is 6.07 Å². The molecule has 0 atom stereocenters. The minimum Gasteiger partial charge on any atom is -0.354 e. The molecule has 0 aliphatic rings. The number of anilines is 2. The number of hydrogen-bond acceptors (Lipinski definition) is 4. The first kappa shape index (κ1) is 11.9. The summed E-state index contributed by atoms with van der Waals surface area (Å²) in [6.45, 7) is 0. The zero-order chi connectivity index (χ0) is 13.9.